The number of urea groups is 1. The lowest BCUT2D eigenvalue weighted by Gasteiger charge is -2.24. The van der Waals surface area contributed by atoms with Crippen molar-refractivity contribution < 1.29 is 14.6 Å². The highest BCUT2D eigenvalue weighted by Crippen LogP contribution is 2.18. The summed E-state index contributed by atoms with van der Waals surface area (Å²) in [6, 6.07) is 18.4. The molecule has 2 amide bonds. The van der Waals surface area contributed by atoms with Crippen LogP contribution in [-0.4, -0.2) is 30.3 Å². The minimum absolute atomic E-state index is 0.122. The third-order valence-corrected chi connectivity index (χ3v) is 3.62. The second kappa shape index (κ2) is 8.36. The van der Waals surface area contributed by atoms with Gasteiger partial charge in [0.1, 0.15) is 17.5 Å². The number of carbonyl (C=O) groups excluding carboxylic acids is 1. The average Bonchev–Trinajstić information content (AvgIpc) is 2.60. The molecule has 5 heteroatoms. The SMILES string of the molecule is CC(CNC(=O)NCC(C)(O)c1ccccc1)Oc1ccccc1. The minimum Gasteiger partial charge on any atom is -0.489 e. The molecule has 2 atom stereocenters. The monoisotopic (exact) mass is 328 g/mol. The van der Waals surface area contributed by atoms with Crippen molar-refractivity contribution >= 4 is 6.03 Å². The lowest BCUT2D eigenvalue weighted by molar-refractivity contribution is 0.0593. The van der Waals surface area contributed by atoms with Crippen LogP contribution < -0.4 is 15.4 Å². The summed E-state index contributed by atoms with van der Waals surface area (Å²) in [7, 11) is 0. The van der Waals surface area contributed by atoms with E-state index in [2.05, 4.69) is 10.6 Å². The lowest BCUT2D eigenvalue weighted by atomic mass is 9.96. The van der Waals surface area contributed by atoms with Crippen molar-refractivity contribution in [3.8, 4) is 5.75 Å². The van der Waals surface area contributed by atoms with Crippen LogP contribution in [0.15, 0.2) is 60.7 Å². The Bertz CT molecular complexity index is 630. The van der Waals surface area contributed by atoms with Gasteiger partial charge < -0.3 is 20.5 Å². The summed E-state index contributed by atoms with van der Waals surface area (Å²) in [5.41, 5.74) is -0.365. The molecule has 3 N–H and O–H groups in total. The molecule has 2 rings (SSSR count). The van der Waals surface area contributed by atoms with Crippen molar-refractivity contribution in [2.45, 2.75) is 25.6 Å². The van der Waals surface area contributed by atoms with Gasteiger partial charge >= 0.3 is 6.03 Å². The summed E-state index contributed by atoms with van der Waals surface area (Å²) < 4.78 is 5.69. The predicted molar refractivity (Wildman–Crippen MR) is 93.9 cm³/mol. The second-order valence-corrected chi connectivity index (χ2v) is 5.94. The molecule has 0 bridgehead atoms. The molecule has 2 unspecified atom stereocenters. The topological polar surface area (TPSA) is 70.6 Å². The average molecular weight is 328 g/mol. The summed E-state index contributed by atoms with van der Waals surface area (Å²) in [4.78, 5) is 11.9. The first-order valence-electron chi connectivity index (χ1n) is 7.99. The molecule has 0 radical (unpaired) electrons. The highest BCUT2D eigenvalue weighted by atomic mass is 16.5. The van der Waals surface area contributed by atoms with E-state index in [1.807, 2.05) is 67.6 Å². The molecule has 0 spiro atoms. The first-order chi connectivity index (χ1) is 11.5. The Morgan fingerprint density at radius 1 is 1.08 bits per heavy atom. The van der Waals surface area contributed by atoms with Crippen LogP contribution in [0.3, 0.4) is 0 Å². The molecular formula is C19H24N2O3. The van der Waals surface area contributed by atoms with Gasteiger partial charge in [-0.3, -0.25) is 0 Å². The fourth-order valence-electron chi connectivity index (χ4n) is 2.22. The van der Waals surface area contributed by atoms with Crippen LogP contribution in [0.4, 0.5) is 4.79 Å². The van der Waals surface area contributed by atoms with E-state index in [0.717, 1.165) is 11.3 Å². The molecule has 5 nitrogen and oxygen atoms in total. The molecule has 0 aliphatic heterocycles. The van der Waals surface area contributed by atoms with E-state index in [9.17, 15) is 9.90 Å². The van der Waals surface area contributed by atoms with Crippen LogP contribution in [0, 0.1) is 0 Å². The molecule has 0 heterocycles. The van der Waals surface area contributed by atoms with Crippen molar-refractivity contribution in [2.24, 2.45) is 0 Å². The van der Waals surface area contributed by atoms with E-state index < -0.39 is 5.60 Å². The number of benzene rings is 2. The third-order valence-electron chi connectivity index (χ3n) is 3.62. The van der Waals surface area contributed by atoms with Crippen molar-refractivity contribution in [2.75, 3.05) is 13.1 Å². The zero-order valence-electron chi connectivity index (χ0n) is 14.0. The van der Waals surface area contributed by atoms with Crippen LogP contribution >= 0.6 is 0 Å². The molecule has 0 aliphatic carbocycles. The molecule has 2 aromatic carbocycles. The Balaban J connectivity index is 1.73. The Morgan fingerprint density at radius 3 is 2.29 bits per heavy atom. The standard InChI is InChI=1S/C19H24N2O3/c1-15(24-17-11-7-4-8-12-17)13-20-18(22)21-14-19(2,23)16-9-5-3-6-10-16/h3-12,15,23H,13-14H2,1-2H3,(H2,20,21,22). The Kier molecular flexibility index (Phi) is 6.21. The van der Waals surface area contributed by atoms with Crippen molar-refractivity contribution in [1.29, 1.82) is 0 Å². The highest BCUT2D eigenvalue weighted by Gasteiger charge is 2.23. The number of hydrogen-bond donors (Lipinski definition) is 3. The maximum absolute atomic E-state index is 11.9. The zero-order valence-corrected chi connectivity index (χ0v) is 14.0. The fourth-order valence-corrected chi connectivity index (χ4v) is 2.22. The lowest BCUT2D eigenvalue weighted by Crippen LogP contribution is -2.45. The first-order valence-corrected chi connectivity index (χ1v) is 7.99. The predicted octanol–water partition coefficient (Wildman–Crippen LogP) is 2.66. The van der Waals surface area contributed by atoms with Gasteiger partial charge in [-0.1, -0.05) is 48.5 Å². The molecule has 0 saturated carbocycles. The smallest absolute Gasteiger partial charge is 0.315 e. The Morgan fingerprint density at radius 2 is 1.67 bits per heavy atom. The van der Waals surface area contributed by atoms with Gasteiger partial charge in [0.15, 0.2) is 0 Å². The van der Waals surface area contributed by atoms with Gasteiger partial charge in [-0.15, -0.1) is 0 Å². The van der Waals surface area contributed by atoms with Gasteiger partial charge in [0, 0.05) is 0 Å². The van der Waals surface area contributed by atoms with E-state index in [-0.39, 0.29) is 18.7 Å². The quantitative estimate of drug-likeness (QED) is 0.732. The van der Waals surface area contributed by atoms with Gasteiger partial charge in [-0.05, 0) is 31.5 Å². The summed E-state index contributed by atoms with van der Waals surface area (Å²) >= 11 is 0. The molecular weight excluding hydrogens is 304 g/mol. The minimum atomic E-state index is -1.12. The number of hydrogen-bond acceptors (Lipinski definition) is 3. The van der Waals surface area contributed by atoms with E-state index in [1.165, 1.54) is 0 Å². The summed E-state index contributed by atoms with van der Waals surface area (Å²) in [5.74, 6) is 0.763. The third kappa shape index (κ3) is 5.59. The zero-order chi connectivity index (χ0) is 17.4. The van der Waals surface area contributed by atoms with Crippen molar-refractivity contribution in [3.63, 3.8) is 0 Å². The molecule has 0 saturated heterocycles. The molecule has 0 aromatic heterocycles. The molecule has 24 heavy (non-hydrogen) atoms. The first kappa shape index (κ1) is 17.8. The fraction of sp³-hybridized carbons (Fsp3) is 0.316. The second-order valence-electron chi connectivity index (χ2n) is 5.94. The van der Waals surface area contributed by atoms with Crippen LogP contribution in [0.5, 0.6) is 5.75 Å². The van der Waals surface area contributed by atoms with Gasteiger partial charge in [0.25, 0.3) is 0 Å². The van der Waals surface area contributed by atoms with E-state index in [1.54, 1.807) is 6.92 Å². The number of ether oxygens (including phenoxy) is 1. The number of rotatable bonds is 7. The summed E-state index contributed by atoms with van der Waals surface area (Å²) in [6.45, 7) is 4.04. The largest absolute Gasteiger partial charge is 0.489 e. The van der Waals surface area contributed by atoms with E-state index >= 15 is 0 Å². The van der Waals surface area contributed by atoms with E-state index in [0.29, 0.717) is 6.54 Å². The number of nitrogens with one attached hydrogen (secondary N) is 2. The van der Waals surface area contributed by atoms with Crippen molar-refractivity contribution in [1.82, 2.24) is 10.6 Å². The van der Waals surface area contributed by atoms with Crippen LogP contribution in [-0.2, 0) is 5.60 Å². The van der Waals surface area contributed by atoms with Gasteiger partial charge in [0.2, 0.25) is 0 Å². The normalized spacial score (nSPS) is 14.3. The molecule has 0 fully saturated rings. The summed E-state index contributed by atoms with van der Waals surface area (Å²) in [6.07, 6.45) is -0.159. The Labute approximate surface area is 142 Å². The van der Waals surface area contributed by atoms with Gasteiger partial charge in [0.05, 0.1) is 13.1 Å². The molecule has 128 valence electrons. The number of amides is 2. The van der Waals surface area contributed by atoms with E-state index in [4.69, 9.17) is 4.74 Å². The van der Waals surface area contributed by atoms with Crippen LogP contribution in [0.1, 0.15) is 19.4 Å². The molecule has 0 aliphatic rings. The maximum atomic E-state index is 11.9. The van der Waals surface area contributed by atoms with Gasteiger partial charge in [-0.2, -0.15) is 0 Å². The Hall–Kier alpha value is -2.53. The van der Waals surface area contributed by atoms with Crippen molar-refractivity contribution in [3.05, 3.63) is 66.2 Å². The number of para-hydroxylation sites is 1. The number of aliphatic hydroxyl groups is 1. The summed E-state index contributed by atoms with van der Waals surface area (Å²) in [5, 5.41) is 15.9. The van der Waals surface area contributed by atoms with Crippen LogP contribution in [0.25, 0.3) is 0 Å². The molecule has 2 aromatic rings. The maximum Gasteiger partial charge on any atom is 0.315 e. The number of carbonyl (C=O) groups is 1. The van der Waals surface area contributed by atoms with Gasteiger partial charge in [-0.25, -0.2) is 4.79 Å². The van der Waals surface area contributed by atoms with Crippen LogP contribution in [0.2, 0.25) is 0 Å². The highest BCUT2D eigenvalue weighted by molar-refractivity contribution is 5.73.